The van der Waals surface area contributed by atoms with Crippen molar-refractivity contribution in [1.82, 2.24) is 4.98 Å². The van der Waals surface area contributed by atoms with Gasteiger partial charge in [0.25, 0.3) is 5.69 Å². The van der Waals surface area contributed by atoms with Gasteiger partial charge in [0.2, 0.25) is 0 Å². The van der Waals surface area contributed by atoms with Gasteiger partial charge in [0.05, 0.1) is 20.6 Å². The average molecular weight is 312 g/mol. The molecule has 0 aliphatic rings. The predicted octanol–water partition coefficient (Wildman–Crippen LogP) is 3.98. The lowest BCUT2D eigenvalue weighted by atomic mass is 10.2. The Morgan fingerprint density at radius 2 is 2.20 bits per heavy atom. The lowest BCUT2D eigenvalue weighted by molar-refractivity contribution is -0.385. The molecule has 0 saturated heterocycles. The molecule has 106 valence electrons. The van der Waals surface area contributed by atoms with Gasteiger partial charge in [0.1, 0.15) is 0 Å². The van der Waals surface area contributed by atoms with Gasteiger partial charge in [0, 0.05) is 35.7 Å². The SMILES string of the molecule is Cc1cnc(CCNc2cc(C)c([N+](=O)[O-])cc2Cl)s1. The number of aryl methyl sites for hydroxylation is 2. The molecule has 20 heavy (non-hydrogen) atoms. The first kappa shape index (κ1) is 14.7. The van der Waals surface area contributed by atoms with Crippen molar-refractivity contribution in [2.75, 3.05) is 11.9 Å². The highest BCUT2D eigenvalue weighted by Gasteiger charge is 2.14. The van der Waals surface area contributed by atoms with Crippen molar-refractivity contribution in [3.05, 3.63) is 48.9 Å². The molecule has 1 heterocycles. The molecule has 0 fully saturated rings. The molecule has 7 heteroatoms. The summed E-state index contributed by atoms with van der Waals surface area (Å²) >= 11 is 7.71. The van der Waals surface area contributed by atoms with Crippen molar-refractivity contribution in [3.63, 3.8) is 0 Å². The summed E-state index contributed by atoms with van der Waals surface area (Å²) in [6.07, 6.45) is 2.65. The molecule has 5 nitrogen and oxygen atoms in total. The number of rotatable bonds is 5. The maximum Gasteiger partial charge on any atom is 0.273 e. The summed E-state index contributed by atoms with van der Waals surface area (Å²) < 4.78 is 0. The molecule has 0 unspecified atom stereocenters. The van der Waals surface area contributed by atoms with Crippen LogP contribution in [0.2, 0.25) is 5.02 Å². The molecule has 0 saturated carbocycles. The average Bonchev–Trinajstić information content (AvgIpc) is 2.78. The van der Waals surface area contributed by atoms with E-state index in [4.69, 9.17) is 11.6 Å². The summed E-state index contributed by atoms with van der Waals surface area (Å²) in [5, 5.41) is 15.4. The van der Waals surface area contributed by atoms with Crippen LogP contribution in [-0.2, 0) is 6.42 Å². The Morgan fingerprint density at radius 3 is 2.80 bits per heavy atom. The van der Waals surface area contributed by atoms with E-state index in [1.54, 1.807) is 24.3 Å². The highest BCUT2D eigenvalue weighted by Crippen LogP contribution is 2.30. The summed E-state index contributed by atoms with van der Waals surface area (Å²) in [4.78, 5) is 15.8. The van der Waals surface area contributed by atoms with Gasteiger partial charge in [-0.1, -0.05) is 11.6 Å². The number of nitrogens with one attached hydrogen (secondary N) is 1. The van der Waals surface area contributed by atoms with Gasteiger partial charge in [-0.3, -0.25) is 10.1 Å². The largest absolute Gasteiger partial charge is 0.383 e. The van der Waals surface area contributed by atoms with Crippen LogP contribution in [0.5, 0.6) is 0 Å². The zero-order valence-electron chi connectivity index (χ0n) is 11.1. The fraction of sp³-hybridized carbons (Fsp3) is 0.308. The lowest BCUT2D eigenvalue weighted by Gasteiger charge is -2.09. The molecule has 2 aromatic rings. The Bertz CT molecular complexity index is 643. The third kappa shape index (κ3) is 3.46. The molecular formula is C13H14ClN3O2S. The fourth-order valence-corrected chi connectivity index (χ4v) is 2.84. The van der Waals surface area contributed by atoms with E-state index in [0.717, 1.165) is 11.4 Å². The smallest absolute Gasteiger partial charge is 0.273 e. The topological polar surface area (TPSA) is 68.1 Å². The van der Waals surface area contributed by atoms with Crippen LogP contribution in [0.3, 0.4) is 0 Å². The minimum absolute atomic E-state index is 0.0381. The number of nitro groups is 1. The number of hydrogen-bond donors (Lipinski definition) is 1. The number of anilines is 1. The monoisotopic (exact) mass is 311 g/mol. The van der Waals surface area contributed by atoms with Crippen molar-refractivity contribution in [1.29, 1.82) is 0 Å². The fourth-order valence-electron chi connectivity index (χ4n) is 1.82. The summed E-state index contributed by atoms with van der Waals surface area (Å²) in [5.74, 6) is 0. The van der Waals surface area contributed by atoms with Gasteiger partial charge in [-0.15, -0.1) is 11.3 Å². The minimum atomic E-state index is -0.427. The van der Waals surface area contributed by atoms with E-state index in [1.165, 1.54) is 10.9 Å². The second-order valence-corrected chi connectivity index (χ2v) is 6.14. The number of nitrogens with zero attached hydrogens (tertiary/aromatic N) is 2. The first-order valence-electron chi connectivity index (χ1n) is 6.07. The molecule has 0 atom stereocenters. The van der Waals surface area contributed by atoms with Gasteiger partial charge < -0.3 is 5.32 Å². The third-order valence-corrected chi connectivity index (χ3v) is 4.09. The first-order chi connectivity index (χ1) is 9.47. The third-order valence-electron chi connectivity index (χ3n) is 2.81. The van der Waals surface area contributed by atoms with Crippen LogP contribution in [0.1, 0.15) is 15.4 Å². The number of hydrogen-bond acceptors (Lipinski definition) is 5. The highest BCUT2D eigenvalue weighted by atomic mass is 35.5. The van der Waals surface area contributed by atoms with Crippen LogP contribution in [0.25, 0.3) is 0 Å². The van der Waals surface area contributed by atoms with Crippen LogP contribution in [-0.4, -0.2) is 16.5 Å². The van der Waals surface area contributed by atoms with Crippen molar-refractivity contribution in [3.8, 4) is 0 Å². The van der Waals surface area contributed by atoms with Gasteiger partial charge in [0.15, 0.2) is 0 Å². The number of nitro benzene ring substituents is 1. The normalized spacial score (nSPS) is 10.6. The molecule has 0 aliphatic carbocycles. The molecule has 1 aromatic heterocycles. The van der Waals surface area contributed by atoms with E-state index in [2.05, 4.69) is 10.3 Å². The maximum atomic E-state index is 10.8. The Morgan fingerprint density at radius 1 is 1.45 bits per heavy atom. The molecule has 0 amide bonds. The quantitative estimate of drug-likeness (QED) is 0.670. The van der Waals surface area contributed by atoms with E-state index < -0.39 is 4.92 Å². The standard InChI is InChI=1S/C13H14ClN3O2S/c1-8-5-11(10(14)6-12(8)17(18)19)15-4-3-13-16-7-9(2)20-13/h5-7,15H,3-4H2,1-2H3. The number of halogens is 1. The zero-order valence-corrected chi connectivity index (χ0v) is 12.7. The second kappa shape index (κ2) is 6.19. The van der Waals surface area contributed by atoms with Gasteiger partial charge >= 0.3 is 0 Å². The minimum Gasteiger partial charge on any atom is -0.383 e. The highest BCUT2D eigenvalue weighted by molar-refractivity contribution is 7.11. The number of benzene rings is 1. The van der Waals surface area contributed by atoms with Crippen molar-refractivity contribution < 1.29 is 4.92 Å². The van der Waals surface area contributed by atoms with Crippen LogP contribution in [0, 0.1) is 24.0 Å². The number of thiazole rings is 1. The summed E-state index contributed by atoms with van der Waals surface area (Å²) in [6, 6.07) is 3.08. The van der Waals surface area contributed by atoms with Crippen molar-refractivity contribution in [2.45, 2.75) is 20.3 Å². The van der Waals surface area contributed by atoms with Gasteiger partial charge in [-0.2, -0.15) is 0 Å². The molecule has 0 bridgehead atoms. The molecule has 0 spiro atoms. The Balaban J connectivity index is 2.03. The molecule has 1 N–H and O–H groups in total. The summed E-state index contributed by atoms with van der Waals surface area (Å²) in [7, 11) is 0. The Kier molecular flexibility index (Phi) is 4.57. The first-order valence-corrected chi connectivity index (χ1v) is 7.26. The Hall–Kier alpha value is -1.66. The van der Waals surface area contributed by atoms with Crippen LogP contribution in [0.4, 0.5) is 11.4 Å². The molecule has 2 rings (SSSR count). The lowest BCUT2D eigenvalue weighted by Crippen LogP contribution is -2.06. The maximum absolute atomic E-state index is 10.8. The van der Waals surface area contributed by atoms with Gasteiger partial charge in [-0.25, -0.2) is 4.98 Å². The zero-order chi connectivity index (χ0) is 14.7. The van der Waals surface area contributed by atoms with Crippen LogP contribution >= 0.6 is 22.9 Å². The van der Waals surface area contributed by atoms with Crippen LogP contribution in [0.15, 0.2) is 18.3 Å². The van der Waals surface area contributed by atoms with E-state index in [-0.39, 0.29) is 5.69 Å². The van der Waals surface area contributed by atoms with Crippen molar-refractivity contribution >= 4 is 34.3 Å². The Labute approximate surface area is 125 Å². The van der Waals surface area contributed by atoms with Crippen LogP contribution < -0.4 is 5.32 Å². The van der Waals surface area contributed by atoms with E-state index in [1.807, 2.05) is 13.1 Å². The molecular weight excluding hydrogens is 298 g/mol. The van der Waals surface area contributed by atoms with Gasteiger partial charge in [-0.05, 0) is 19.9 Å². The van der Waals surface area contributed by atoms with Crippen molar-refractivity contribution in [2.24, 2.45) is 0 Å². The van der Waals surface area contributed by atoms with E-state index in [0.29, 0.717) is 22.8 Å². The summed E-state index contributed by atoms with van der Waals surface area (Å²) in [5.41, 5.74) is 1.34. The molecule has 1 aromatic carbocycles. The molecule has 0 radical (unpaired) electrons. The van der Waals surface area contributed by atoms with E-state index in [9.17, 15) is 10.1 Å². The molecule has 0 aliphatic heterocycles. The summed E-state index contributed by atoms with van der Waals surface area (Å²) in [6.45, 7) is 4.40. The number of aromatic nitrogens is 1. The van der Waals surface area contributed by atoms with E-state index >= 15 is 0 Å². The predicted molar refractivity (Wildman–Crippen MR) is 81.9 cm³/mol. The second-order valence-electron chi connectivity index (χ2n) is 4.42.